The summed E-state index contributed by atoms with van der Waals surface area (Å²) in [6.07, 6.45) is -0.150. The van der Waals surface area contributed by atoms with E-state index in [0.717, 1.165) is 21.1 Å². The van der Waals surface area contributed by atoms with Gasteiger partial charge < -0.3 is 25.4 Å². The first kappa shape index (κ1) is 34.3. The average molecular weight is 666 g/mol. The normalized spacial score (nSPS) is 17.5. The highest BCUT2D eigenvalue weighted by atomic mass is 35.5. The van der Waals surface area contributed by atoms with Gasteiger partial charge in [0.1, 0.15) is 18.5 Å². The second-order valence-electron chi connectivity index (χ2n) is 11.3. The zero-order chi connectivity index (χ0) is 32.7. The number of benzene rings is 1. The Morgan fingerprint density at radius 3 is 2.60 bits per heavy atom. The number of carbonyl (C=O) groups excluding carboxylic acids is 5. The Bertz CT molecular complexity index is 1420. The lowest BCUT2D eigenvalue weighted by atomic mass is 10.0. The quantitative estimate of drug-likeness (QED) is 0.291. The van der Waals surface area contributed by atoms with Crippen molar-refractivity contribution in [3.05, 3.63) is 45.4 Å². The molecule has 12 nitrogen and oxygen atoms in total. The molecule has 4 rings (SSSR count). The van der Waals surface area contributed by atoms with E-state index in [2.05, 4.69) is 5.32 Å². The van der Waals surface area contributed by atoms with Crippen molar-refractivity contribution in [2.45, 2.75) is 51.7 Å². The highest BCUT2D eigenvalue weighted by Crippen LogP contribution is 2.30. The molecule has 2 aromatic rings. The number of hydrogen-bond donors (Lipinski definition) is 2. The summed E-state index contributed by atoms with van der Waals surface area (Å²) < 4.78 is 26.2. The molecular formula is C30H37ClFN5O7S. The number of nitrogens with two attached hydrogens (primary N) is 1. The van der Waals surface area contributed by atoms with Gasteiger partial charge in [0.2, 0.25) is 11.8 Å². The van der Waals surface area contributed by atoms with Crippen LogP contribution in [-0.4, -0.2) is 86.2 Å². The number of ether oxygens (including phenoxy) is 2. The smallest absolute Gasteiger partial charge is 0.414 e. The van der Waals surface area contributed by atoms with Crippen LogP contribution in [-0.2, 0) is 23.9 Å². The lowest BCUT2D eigenvalue weighted by Crippen LogP contribution is -2.43. The summed E-state index contributed by atoms with van der Waals surface area (Å²) in [5.41, 5.74) is 5.76. The monoisotopic (exact) mass is 665 g/mol. The van der Waals surface area contributed by atoms with Crippen molar-refractivity contribution in [1.82, 2.24) is 10.2 Å². The molecule has 2 aliphatic heterocycles. The molecule has 0 radical (unpaired) electrons. The van der Waals surface area contributed by atoms with Crippen LogP contribution in [0, 0.1) is 11.7 Å². The average Bonchev–Trinajstić information content (AvgIpc) is 3.59. The Morgan fingerprint density at radius 1 is 1.18 bits per heavy atom. The van der Waals surface area contributed by atoms with Crippen LogP contribution in [0.15, 0.2) is 30.3 Å². The van der Waals surface area contributed by atoms with E-state index >= 15 is 4.39 Å². The Labute approximate surface area is 269 Å². The molecule has 0 aliphatic carbocycles. The molecule has 0 unspecified atom stereocenters. The number of nitrogens with zero attached hydrogens (tertiary/aromatic N) is 3. The Morgan fingerprint density at radius 2 is 1.96 bits per heavy atom. The number of cyclic esters (lactones) is 1. The fraction of sp³-hybridized carbons (Fsp3) is 0.500. The number of primary amides is 1. The van der Waals surface area contributed by atoms with Crippen molar-refractivity contribution < 1.29 is 37.8 Å². The molecule has 2 saturated heterocycles. The van der Waals surface area contributed by atoms with Gasteiger partial charge in [0.25, 0.3) is 11.8 Å². The number of hydrogen-bond acceptors (Lipinski definition) is 9. The summed E-state index contributed by atoms with van der Waals surface area (Å²) in [7, 11) is 0. The fourth-order valence-corrected chi connectivity index (χ4v) is 6.13. The minimum Gasteiger partial charge on any atom is -0.442 e. The number of carbonyl (C=O) groups is 5. The van der Waals surface area contributed by atoms with E-state index in [0.29, 0.717) is 42.4 Å². The molecular weight excluding hydrogens is 629 g/mol. The van der Waals surface area contributed by atoms with E-state index in [1.807, 2.05) is 13.8 Å². The maximum atomic E-state index is 15.2. The zero-order valence-electron chi connectivity index (χ0n) is 25.1. The van der Waals surface area contributed by atoms with Crippen LogP contribution in [0.1, 0.15) is 49.2 Å². The van der Waals surface area contributed by atoms with E-state index in [9.17, 15) is 24.0 Å². The first-order valence-electron chi connectivity index (χ1n) is 14.7. The molecule has 5 amide bonds. The predicted molar refractivity (Wildman–Crippen MR) is 167 cm³/mol. The van der Waals surface area contributed by atoms with Gasteiger partial charge >= 0.3 is 6.09 Å². The van der Waals surface area contributed by atoms with Gasteiger partial charge in [0.05, 0.1) is 40.6 Å². The number of morpholine rings is 1. The van der Waals surface area contributed by atoms with Crippen molar-refractivity contribution in [3.8, 4) is 0 Å². The lowest BCUT2D eigenvalue weighted by molar-refractivity contribution is -0.129. The number of nitrogens with one attached hydrogen (secondary N) is 1. The van der Waals surface area contributed by atoms with Crippen molar-refractivity contribution in [2.24, 2.45) is 11.7 Å². The molecule has 244 valence electrons. The van der Waals surface area contributed by atoms with E-state index in [-0.39, 0.29) is 55.1 Å². The standard InChI is InChI=1S/C30H37ClFN5O7S/c1-18(2)13-22(28(33)40)34-10-4-3-5-26(38)37(29(41)24-8-9-25(31)45-24)16-20-15-36(30(42)44-20)23-7-6-19(14-21(23)32)35-11-12-43-17-27(35)39/h6-9,14,18,20,22,34H,3-5,10-13,15-17H2,1-2H3,(H2,33,40)/t20-,22+/m1/s1. The second-order valence-corrected chi connectivity index (χ2v) is 13.0. The molecule has 0 saturated carbocycles. The van der Waals surface area contributed by atoms with E-state index in [1.165, 1.54) is 29.2 Å². The number of halogens is 2. The number of imide groups is 1. The van der Waals surface area contributed by atoms with Gasteiger partial charge in [-0.05, 0) is 62.1 Å². The Kier molecular flexibility index (Phi) is 11.9. The van der Waals surface area contributed by atoms with E-state index in [1.54, 1.807) is 6.07 Å². The summed E-state index contributed by atoms with van der Waals surface area (Å²) in [6, 6.07) is 6.69. The largest absolute Gasteiger partial charge is 0.442 e. The molecule has 2 atom stereocenters. The van der Waals surface area contributed by atoms with Gasteiger partial charge in [-0.3, -0.25) is 29.0 Å². The van der Waals surface area contributed by atoms with Gasteiger partial charge in [0, 0.05) is 18.7 Å². The maximum absolute atomic E-state index is 15.2. The Balaban J connectivity index is 1.40. The van der Waals surface area contributed by atoms with Crippen LogP contribution >= 0.6 is 22.9 Å². The molecule has 3 N–H and O–H groups in total. The minimum absolute atomic E-state index is 0.0265. The molecule has 3 heterocycles. The number of amides is 5. The van der Waals surface area contributed by atoms with Gasteiger partial charge in [-0.2, -0.15) is 0 Å². The van der Waals surface area contributed by atoms with Crippen LogP contribution < -0.4 is 20.9 Å². The number of unbranched alkanes of at least 4 members (excludes halogenated alkanes) is 1. The molecule has 0 bridgehead atoms. The second kappa shape index (κ2) is 15.6. The Hall–Kier alpha value is -3.59. The number of thiophene rings is 1. The van der Waals surface area contributed by atoms with Crippen molar-refractivity contribution in [3.63, 3.8) is 0 Å². The molecule has 1 aromatic heterocycles. The SMILES string of the molecule is CC(C)C[C@H](NCCCCC(=O)N(C[C@H]1CN(c2ccc(N3CCOCC3=O)cc2F)C(=O)O1)C(=O)c1ccc(Cl)s1)C(N)=O. The van der Waals surface area contributed by atoms with Crippen LogP contribution in [0.5, 0.6) is 0 Å². The van der Waals surface area contributed by atoms with Crippen LogP contribution in [0.3, 0.4) is 0 Å². The number of anilines is 2. The molecule has 15 heteroatoms. The van der Waals surface area contributed by atoms with E-state index in [4.69, 9.17) is 26.8 Å². The van der Waals surface area contributed by atoms with Gasteiger partial charge in [-0.1, -0.05) is 25.4 Å². The molecule has 1 aromatic carbocycles. The first-order chi connectivity index (χ1) is 21.4. The van der Waals surface area contributed by atoms with Crippen molar-refractivity contribution in [1.29, 1.82) is 0 Å². The summed E-state index contributed by atoms with van der Waals surface area (Å²) in [5, 5.41) is 3.12. The third-order valence-electron chi connectivity index (χ3n) is 7.37. The van der Waals surface area contributed by atoms with E-state index < -0.39 is 41.8 Å². The topological polar surface area (TPSA) is 152 Å². The summed E-state index contributed by atoms with van der Waals surface area (Å²) in [4.78, 5) is 67.1. The molecule has 2 fully saturated rings. The van der Waals surface area contributed by atoms with Crippen molar-refractivity contribution >= 4 is 64.0 Å². The predicted octanol–water partition coefficient (Wildman–Crippen LogP) is 3.56. The van der Waals surface area contributed by atoms with Crippen LogP contribution in [0.4, 0.5) is 20.6 Å². The zero-order valence-corrected chi connectivity index (χ0v) is 26.7. The first-order valence-corrected chi connectivity index (χ1v) is 15.9. The third kappa shape index (κ3) is 9.00. The van der Waals surface area contributed by atoms with Gasteiger partial charge in [0.15, 0.2) is 0 Å². The summed E-state index contributed by atoms with van der Waals surface area (Å²) >= 11 is 7.05. The summed E-state index contributed by atoms with van der Waals surface area (Å²) in [5.74, 6) is -2.25. The maximum Gasteiger partial charge on any atom is 0.414 e. The third-order valence-corrected chi connectivity index (χ3v) is 8.59. The van der Waals surface area contributed by atoms with Crippen LogP contribution in [0.25, 0.3) is 0 Å². The van der Waals surface area contributed by atoms with Crippen LogP contribution in [0.2, 0.25) is 4.34 Å². The van der Waals surface area contributed by atoms with Gasteiger partial charge in [-0.25, -0.2) is 9.18 Å². The number of rotatable bonds is 14. The highest BCUT2D eigenvalue weighted by Gasteiger charge is 2.38. The molecule has 0 spiro atoms. The van der Waals surface area contributed by atoms with Crippen molar-refractivity contribution in [2.75, 3.05) is 49.2 Å². The van der Waals surface area contributed by atoms with Gasteiger partial charge in [-0.15, -0.1) is 11.3 Å². The fourth-order valence-electron chi connectivity index (χ4n) is 5.13. The highest BCUT2D eigenvalue weighted by molar-refractivity contribution is 7.18. The molecule has 45 heavy (non-hydrogen) atoms. The summed E-state index contributed by atoms with van der Waals surface area (Å²) in [6.45, 7) is 4.60. The minimum atomic E-state index is -0.922. The molecule has 2 aliphatic rings. The lowest BCUT2D eigenvalue weighted by Gasteiger charge is -2.27.